The molecule has 0 saturated carbocycles. The normalized spacial score (nSPS) is 14.9. The molecule has 4 amide bonds. The van der Waals surface area contributed by atoms with E-state index in [9.17, 15) is 36.7 Å². The molecule has 16 heteroatoms. The number of benzene rings is 1. The van der Waals surface area contributed by atoms with Crippen LogP contribution in [0, 0.1) is 35.6 Å². The summed E-state index contributed by atoms with van der Waals surface area (Å²) in [7, 11) is 0. The molecular weight excluding hydrogens is 700 g/mol. The van der Waals surface area contributed by atoms with Crippen LogP contribution in [0.25, 0.3) is 11.2 Å². The van der Waals surface area contributed by atoms with Crippen LogP contribution in [-0.4, -0.2) is 70.3 Å². The highest BCUT2D eigenvalue weighted by atomic mass is 19.2. The summed E-state index contributed by atoms with van der Waals surface area (Å²) in [6, 6.07) is 3.80. The van der Waals surface area contributed by atoms with E-state index >= 15 is 0 Å². The highest BCUT2D eigenvalue weighted by Crippen LogP contribution is 2.32. The number of ether oxygens (including phenoxy) is 1. The van der Waals surface area contributed by atoms with Gasteiger partial charge < -0.3 is 4.74 Å². The van der Waals surface area contributed by atoms with Crippen LogP contribution in [0.15, 0.2) is 30.5 Å². The van der Waals surface area contributed by atoms with Crippen molar-refractivity contribution in [1.29, 1.82) is 0 Å². The molecule has 0 atom stereocenters. The third-order valence-corrected chi connectivity index (χ3v) is 6.60. The van der Waals surface area contributed by atoms with E-state index in [0.29, 0.717) is 0 Å². The highest BCUT2D eigenvalue weighted by Gasteiger charge is 2.34. The van der Waals surface area contributed by atoms with E-state index in [0.717, 1.165) is 29.7 Å². The average molecular weight is 751 g/mol. The lowest BCUT2D eigenvalue weighted by atomic mass is 9.97. The monoisotopic (exact) mass is 750 g/mol. The number of carbonyl (C=O) groups is 4. The molecule has 1 saturated heterocycles. The first kappa shape index (κ1) is 44.4. The lowest BCUT2D eigenvalue weighted by molar-refractivity contribution is -0.218. The Morgan fingerprint density at radius 1 is 0.736 bits per heavy atom. The summed E-state index contributed by atoms with van der Waals surface area (Å²) in [5, 5.41) is 9.01. The molecule has 0 spiro atoms. The molecule has 1 aromatic carbocycles. The zero-order chi connectivity index (χ0) is 40.9. The average Bonchev–Trinajstić information content (AvgIpc) is 3.68. The second-order valence-electron chi connectivity index (χ2n) is 16.4. The molecule has 12 nitrogen and oxygen atoms in total. The molecule has 0 N–H and O–H groups in total. The predicted octanol–water partition coefficient (Wildman–Crippen LogP) is 7.18. The van der Waals surface area contributed by atoms with Gasteiger partial charge in [-0.2, -0.15) is 9.45 Å². The maximum Gasteiger partial charge on any atom is 0.254 e. The zero-order valence-electron chi connectivity index (χ0n) is 32.7. The Hall–Kier alpha value is -4.73. The van der Waals surface area contributed by atoms with E-state index in [1.54, 1.807) is 47.7 Å². The number of imide groups is 2. The molecule has 4 heterocycles. The molecule has 292 valence electrons. The molecule has 2 aliphatic rings. The van der Waals surface area contributed by atoms with Crippen LogP contribution < -0.4 is 4.74 Å². The number of aromatic nitrogens is 4. The van der Waals surface area contributed by atoms with Gasteiger partial charge in [-0.1, -0.05) is 26.0 Å². The molecule has 2 aromatic heterocycles. The number of fused-ring (bicyclic) bond motifs is 1. The second kappa shape index (κ2) is 16.9. The SMILES string of the molecule is CC(C)(C)Cn1nnc2cccnc21.CC(C)(C)N1C(=O)C=CC1=O.CC(C)(C)ON1C(=O)CCC1=O.Cc1c(F)c(F)c(F)c(OC(C)(C)C)c1F. The standard InChI is InChI=1S/C11H12F4O.C10H14N4.C8H13NO3.C8H11NO2/c1-5-6(12)8(14)9(15)10(7(5)13)16-11(2,3)4;1-10(2,3)7-14-9-8(12-13-14)5-4-6-11-9;1-8(2,3)12-9-6(10)4-5-7(9)11;1-8(2,3)9-6(10)4-5-7(9)11/h1-4H3;4-6H,7H2,1-3H3;4-5H2,1-3H3;4-5H,1-3H3. The van der Waals surface area contributed by atoms with Crippen LogP contribution in [0.2, 0.25) is 0 Å². The van der Waals surface area contributed by atoms with Crippen LogP contribution in [0.5, 0.6) is 5.75 Å². The molecule has 2 aliphatic heterocycles. The van der Waals surface area contributed by atoms with Gasteiger partial charge >= 0.3 is 0 Å². The van der Waals surface area contributed by atoms with E-state index in [1.807, 2.05) is 37.6 Å². The number of rotatable bonds is 3. The van der Waals surface area contributed by atoms with Crippen LogP contribution in [0.1, 0.15) is 101 Å². The number of pyridine rings is 1. The third-order valence-electron chi connectivity index (χ3n) is 6.60. The van der Waals surface area contributed by atoms with Gasteiger partial charge in [0.15, 0.2) is 28.8 Å². The van der Waals surface area contributed by atoms with Gasteiger partial charge in [0, 0.05) is 48.8 Å². The summed E-state index contributed by atoms with van der Waals surface area (Å²) in [5.41, 5.74) is -0.485. The molecule has 1 fully saturated rings. The topological polar surface area (TPSA) is 137 Å². The van der Waals surface area contributed by atoms with Crippen molar-refractivity contribution in [3.8, 4) is 5.75 Å². The molecule has 3 aromatic rings. The van der Waals surface area contributed by atoms with E-state index in [4.69, 9.17) is 9.57 Å². The molecule has 0 bridgehead atoms. The second-order valence-corrected chi connectivity index (χ2v) is 16.4. The lowest BCUT2D eigenvalue weighted by Gasteiger charge is -2.29. The van der Waals surface area contributed by atoms with Crippen molar-refractivity contribution in [2.75, 3.05) is 0 Å². The van der Waals surface area contributed by atoms with Gasteiger partial charge in [-0.25, -0.2) is 22.8 Å². The van der Waals surface area contributed by atoms with Crippen molar-refractivity contribution in [2.45, 2.75) is 126 Å². The Labute approximate surface area is 307 Å². The number of nitrogens with zero attached hydrogens (tertiary/aromatic N) is 6. The van der Waals surface area contributed by atoms with Crippen molar-refractivity contribution in [3.05, 3.63) is 59.3 Å². The molecule has 0 radical (unpaired) electrons. The maximum atomic E-state index is 13.5. The van der Waals surface area contributed by atoms with Crippen LogP contribution in [0.4, 0.5) is 17.6 Å². The van der Waals surface area contributed by atoms with Crippen molar-refractivity contribution in [1.82, 2.24) is 29.9 Å². The number of carbonyl (C=O) groups excluding carboxylic acids is 4. The first-order valence-electron chi connectivity index (χ1n) is 16.8. The minimum Gasteiger partial charge on any atom is -0.482 e. The molecular formula is C37H50F4N6O6. The number of hydrogen-bond acceptors (Lipinski definition) is 9. The van der Waals surface area contributed by atoms with E-state index < -0.39 is 51.3 Å². The molecule has 0 unspecified atom stereocenters. The van der Waals surface area contributed by atoms with E-state index in [1.165, 1.54) is 17.1 Å². The van der Waals surface area contributed by atoms with Crippen LogP contribution in [-0.2, 0) is 30.6 Å². The Balaban J connectivity index is 0.000000247. The van der Waals surface area contributed by atoms with Gasteiger partial charge in [0.25, 0.3) is 23.6 Å². The fraction of sp³-hybridized carbons (Fsp3) is 0.541. The summed E-state index contributed by atoms with van der Waals surface area (Å²) in [4.78, 5) is 54.8. The minimum absolute atomic E-state index is 0.193. The fourth-order valence-corrected chi connectivity index (χ4v) is 4.48. The smallest absolute Gasteiger partial charge is 0.254 e. The van der Waals surface area contributed by atoms with Crippen molar-refractivity contribution >= 4 is 34.8 Å². The van der Waals surface area contributed by atoms with Crippen LogP contribution in [0.3, 0.4) is 0 Å². The first-order valence-corrected chi connectivity index (χ1v) is 16.8. The van der Waals surface area contributed by atoms with Crippen molar-refractivity contribution < 1.29 is 46.3 Å². The maximum absolute atomic E-state index is 13.5. The summed E-state index contributed by atoms with van der Waals surface area (Å²) in [6.07, 6.45) is 4.91. The minimum atomic E-state index is -1.72. The van der Waals surface area contributed by atoms with E-state index in [-0.39, 0.29) is 41.9 Å². The summed E-state index contributed by atoms with van der Waals surface area (Å²) in [6.45, 7) is 23.9. The first-order chi connectivity index (χ1) is 24.0. The van der Waals surface area contributed by atoms with Gasteiger partial charge in [-0.15, -0.1) is 5.10 Å². The molecule has 0 aliphatic carbocycles. The van der Waals surface area contributed by atoms with Gasteiger partial charge in [-0.3, -0.25) is 28.9 Å². The van der Waals surface area contributed by atoms with Gasteiger partial charge in [0.2, 0.25) is 5.82 Å². The number of halogens is 4. The highest BCUT2D eigenvalue weighted by molar-refractivity contribution is 6.13. The number of hydrogen-bond donors (Lipinski definition) is 0. The van der Waals surface area contributed by atoms with Gasteiger partial charge in [-0.05, 0) is 86.8 Å². The molecule has 53 heavy (non-hydrogen) atoms. The molecule has 5 rings (SSSR count). The summed E-state index contributed by atoms with van der Waals surface area (Å²) >= 11 is 0. The number of amides is 4. The van der Waals surface area contributed by atoms with Crippen LogP contribution >= 0.6 is 0 Å². The lowest BCUT2D eigenvalue weighted by Crippen LogP contribution is -2.45. The third kappa shape index (κ3) is 13.0. The van der Waals surface area contributed by atoms with Crippen molar-refractivity contribution in [2.24, 2.45) is 5.41 Å². The Kier molecular flexibility index (Phi) is 14.2. The largest absolute Gasteiger partial charge is 0.482 e. The quantitative estimate of drug-likeness (QED) is 0.118. The summed E-state index contributed by atoms with van der Waals surface area (Å²) in [5.74, 6) is -7.92. The fourth-order valence-electron chi connectivity index (χ4n) is 4.48. The van der Waals surface area contributed by atoms with Gasteiger partial charge in [0.1, 0.15) is 11.1 Å². The Morgan fingerprint density at radius 2 is 1.26 bits per heavy atom. The Morgan fingerprint density at radius 3 is 1.70 bits per heavy atom. The van der Waals surface area contributed by atoms with Crippen molar-refractivity contribution in [3.63, 3.8) is 0 Å². The summed E-state index contributed by atoms with van der Waals surface area (Å²) < 4.78 is 59.5. The Bertz CT molecular complexity index is 1790. The van der Waals surface area contributed by atoms with Gasteiger partial charge in [0.05, 0.1) is 5.60 Å². The number of hydroxylamine groups is 2. The predicted molar refractivity (Wildman–Crippen MR) is 189 cm³/mol. The zero-order valence-corrected chi connectivity index (χ0v) is 32.7. The van der Waals surface area contributed by atoms with E-state index in [2.05, 4.69) is 36.1 Å².